The van der Waals surface area contributed by atoms with E-state index in [0.717, 1.165) is 34.7 Å². The number of nitrogens with one attached hydrogen (secondary N) is 1. The lowest BCUT2D eigenvalue weighted by Crippen LogP contribution is -2.35. The molecule has 1 aromatic carbocycles. The van der Waals surface area contributed by atoms with Gasteiger partial charge in [-0.25, -0.2) is 9.97 Å². The van der Waals surface area contributed by atoms with Crippen molar-refractivity contribution in [2.75, 3.05) is 11.4 Å². The average molecular weight is 415 g/mol. The number of benzene rings is 1. The zero-order valence-electron chi connectivity index (χ0n) is 17.1. The Morgan fingerprint density at radius 2 is 2.10 bits per heavy atom. The van der Waals surface area contributed by atoms with Crippen LogP contribution in [-0.2, 0) is 17.8 Å². The molecular weight excluding hydrogens is 388 g/mol. The summed E-state index contributed by atoms with van der Waals surface area (Å²) in [6, 6.07) is 9.56. The molecule has 1 amide bonds. The van der Waals surface area contributed by atoms with Gasteiger partial charge in [0.2, 0.25) is 5.91 Å². The molecule has 2 aromatic heterocycles. The number of carbonyl (C=O) groups is 1. The molecule has 1 atom stereocenters. The molecule has 1 unspecified atom stereocenters. The SMILES string of the molecule is CCc1nc(N(CCC(=O)NC(C)CC)Cc2ccco2)c2ccc(Cl)cc2n1. The van der Waals surface area contributed by atoms with Crippen molar-refractivity contribution < 1.29 is 9.21 Å². The van der Waals surface area contributed by atoms with E-state index in [9.17, 15) is 4.79 Å². The number of fused-ring (bicyclic) bond motifs is 1. The maximum absolute atomic E-state index is 12.4. The van der Waals surface area contributed by atoms with Crippen LogP contribution >= 0.6 is 11.6 Å². The summed E-state index contributed by atoms with van der Waals surface area (Å²) in [6.07, 6.45) is 3.63. The van der Waals surface area contributed by atoms with Crippen molar-refractivity contribution in [3.8, 4) is 0 Å². The van der Waals surface area contributed by atoms with Gasteiger partial charge in [-0.2, -0.15) is 0 Å². The molecule has 0 saturated heterocycles. The molecule has 0 aliphatic carbocycles. The second kappa shape index (κ2) is 9.74. The van der Waals surface area contributed by atoms with Gasteiger partial charge in [0.25, 0.3) is 0 Å². The number of furan rings is 1. The lowest BCUT2D eigenvalue weighted by molar-refractivity contribution is -0.121. The largest absolute Gasteiger partial charge is 0.467 e. The van der Waals surface area contributed by atoms with Crippen molar-refractivity contribution in [3.63, 3.8) is 0 Å². The summed E-state index contributed by atoms with van der Waals surface area (Å²) in [5.74, 6) is 2.37. The molecular formula is C22H27ClN4O2. The molecule has 154 valence electrons. The predicted octanol–water partition coefficient (Wildman–Crippen LogP) is 4.75. The molecule has 1 N–H and O–H groups in total. The molecule has 0 saturated carbocycles. The third-order valence-electron chi connectivity index (χ3n) is 4.86. The van der Waals surface area contributed by atoms with Gasteiger partial charge in [-0.15, -0.1) is 0 Å². The second-order valence-electron chi connectivity index (χ2n) is 7.11. The van der Waals surface area contributed by atoms with Crippen molar-refractivity contribution in [3.05, 3.63) is 53.2 Å². The van der Waals surface area contributed by atoms with Crippen LogP contribution in [0.15, 0.2) is 41.0 Å². The Hall–Kier alpha value is -2.60. The smallest absolute Gasteiger partial charge is 0.221 e. The summed E-state index contributed by atoms with van der Waals surface area (Å²) >= 11 is 6.18. The van der Waals surface area contributed by atoms with Crippen molar-refractivity contribution in [2.45, 2.75) is 52.6 Å². The van der Waals surface area contributed by atoms with E-state index in [1.807, 2.05) is 44.2 Å². The van der Waals surface area contributed by atoms with Gasteiger partial charge in [0.05, 0.1) is 18.3 Å². The Labute approximate surface area is 176 Å². The highest BCUT2D eigenvalue weighted by atomic mass is 35.5. The van der Waals surface area contributed by atoms with Crippen LogP contribution < -0.4 is 10.2 Å². The molecule has 0 spiro atoms. The monoisotopic (exact) mass is 414 g/mol. The van der Waals surface area contributed by atoms with Crippen LogP contribution in [-0.4, -0.2) is 28.5 Å². The highest BCUT2D eigenvalue weighted by Gasteiger charge is 2.18. The van der Waals surface area contributed by atoms with Gasteiger partial charge >= 0.3 is 0 Å². The molecule has 0 bridgehead atoms. The lowest BCUT2D eigenvalue weighted by atomic mass is 10.2. The van der Waals surface area contributed by atoms with Gasteiger partial charge in [0, 0.05) is 35.8 Å². The molecule has 3 aromatic rings. The van der Waals surface area contributed by atoms with E-state index < -0.39 is 0 Å². The fraction of sp³-hybridized carbons (Fsp3) is 0.409. The topological polar surface area (TPSA) is 71.3 Å². The third kappa shape index (κ3) is 5.48. The van der Waals surface area contributed by atoms with Crippen LogP contribution in [0.25, 0.3) is 10.9 Å². The number of hydrogen-bond donors (Lipinski definition) is 1. The van der Waals surface area contributed by atoms with E-state index >= 15 is 0 Å². The van der Waals surface area contributed by atoms with Gasteiger partial charge in [-0.3, -0.25) is 4.79 Å². The average Bonchev–Trinajstić information content (AvgIpc) is 3.23. The number of anilines is 1. The highest BCUT2D eigenvalue weighted by Crippen LogP contribution is 2.28. The zero-order valence-corrected chi connectivity index (χ0v) is 17.9. The number of aryl methyl sites for hydroxylation is 1. The Bertz CT molecular complexity index is 959. The summed E-state index contributed by atoms with van der Waals surface area (Å²) in [5, 5.41) is 4.56. The van der Waals surface area contributed by atoms with Crippen LogP contribution in [0, 0.1) is 0 Å². The number of halogens is 1. The van der Waals surface area contributed by atoms with E-state index in [1.165, 1.54) is 0 Å². The Balaban J connectivity index is 1.93. The summed E-state index contributed by atoms with van der Waals surface area (Å²) in [4.78, 5) is 23.8. The molecule has 0 aliphatic rings. The van der Waals surface area contributed by atoms with Gasteiger partial charge in [0.15, 0.2) is 0 Å². The molecule has 7 heteroatoms. The van der Waals surface area contributed by atoms with Gasteiger partial charge in [-0.1, -0.05) is 25.4 Å². The summed E-state index contributed by atoms with van der Waals surface area (Å²) in [7, 11) is 0. The molecule has 6 nitrogen and oxygen atoms in total. The minimum Gasteiger partial charge on any atom is -0.467 e. The quantitative estimate of drug-likeness (QED) is 0.547. The number of hydrogen-bond acceptors (Lipinski definition) is 5. The van der Waals surface area contributed by atoms with E-state index in [1.54, 1.807) is 6.26 Å². The maximum atomic E-state index is 12.4. The van der Waals surface area contributed by atoms with Crippen LogP contribution in [0.3, 0.4) is 0 Å². The number of carbonyl (C=O) groups excluding carboxylic acids is 1. The van der Waals surface area contributed by atoms with Crippen molar-refractivity contribution in [1.82, 2.24) is 15.3 Å². The predicted molar refractivity (Wildman–Crippen MR) is 116 cm³/mol. The Kier molecular flexibility index (Phi) is 7.09. The van der Waals surface area contributed by atoms with Crippen molar-refractivity contribution >= 4 is 34.2 Å². The van der Waals surface area contributed by atoms with Gasteiger partial charge < -0.3 is 14.6 Å². The van der Waals surface area contributed by atoms with E-state index in [-0.39, 0.29) is 11.9 Å². The van der Waals surface area contributed by atoms with Crippen LogP contribution in [0.1, 0.15) is 45.2 Å². The molecule has 0 fully saturated rings. The van der Waals surface area contributed by atoms with Gasteiger partial charge in [-0.05, 0) is 43.7 Å². The first-order valence-corrected chi connectivity index (χ1v) is 10.4. The van der Waals surface area contributed by atoms with Crippen LogP contribution in [0.4, 0.5) is 5.82 Å². The maximum Gasteiger partial charge on any atom is 0.221 e. The standard InChI is InChI=1S/C22H27ClN4O2/c1-4-15(3)24-21(28)10-11-27(14-17-7-6-12-29-17)22-18-9-8-16(23)13-19(18)25-20(5-2)26-22/h6-9,12-13,15H,4-5,10-11,14H2,1-3H3,(H,24,28). The minimum atomic E-state index is 0.0286. The fourth-order valence-corrected chi connectivity index (χ4v) is 3.23. The lowest BCUT2D eigenvalue weighted by Gasteiger charge is -2.25. The third-order valence-corrected chi connectivity index (χ3v) is 5.09. The summed E-state index contributed by atoms with van der Waals surface area (Å²) in [5.41, 5.74) is 0.799. The van der Waals surface area contributed by atoms with Crippen LogP contribution in [0.5, 0.6) is 0 Å². The molecule has 2 heterocycles. The normalized spacial score (nSPS) is 12.1. The Morgan fingerprint density at radius 1 is 1.28 bits per heavy atom. The highest BCUT2D eigenvalue weighted by molar-refractivity contribution is 6.31. The zero-order chi connectivity index (χ0) is 20.8. The molecule has 0 aliphatic heterocycles. The summed E-state index contributed by atoms with van der Waals surface area (Å²) < 4.78 is 5.56. The molecule has 0 radical (unpaired) electrons. The van der Waals surface area contributed by atoms with E-state index in [2.05, 4.69) is 22.1 Å². The first kappa shape index (κ1) is 21.1. The molecule has 29 heavy (non-hydrogen) atoms. The number of amides is 1. The Morgan fingerprint density at radius 3 is 2.79 bits per heavy atom. The van der Waals surface area contributed by atoms with Crippen molar-refractivity contribution in [1.29, 1.82) is 0 Å². The first-order chi connectivity index (χ1) is 14.0. The first-order valence-electron chi connectivity index (χ1n) is 10.0. The fourth-order valence-electron chi connectivity index (χ4n) is 3.07. The van der Waals surface area contributed by atoms with E-state index in [4.69, 9.17) is 21.0 Å². The van der Waals surface area contributed by atoms with Crippen LogP contribution in [0.2, 0.25) is 5.02 Å². The molecule has 3 rings (SSSR count). The number of rotatable bonds is 9. The van der Waals surface area contributed by atoms with Crippen molar-refractivity contribution in [2.24, 2.45) is 0 Å². The number of nitrogens with zero attached hydrogens (tertiary/aromatic N) is 3. The second-order valence-corrected chi connectivity index (χ2v) is 7.54. The van der Waals surface area contributed by atoms with Gasteiger partial charge in [0.1, 0.15) is 17.4 Å². The summed E-state index contributed by atoms with van der Waals surface area (Å²) in [6.45, 7) is 7.11. The minimum absolute atomic E-state index is 0.0286. The van der Waals surface area contributed by atoms with E-state index in [0.29, 0.717) is 31.0 Å². The number of aromatic nitrogens is 2.